The van der Waals surface area contributed by atoms with Gasteiger partial charge in [-0.2, -0.15) is 9.36 Å². The van der Waals surface area contributed by atoms with Gasteiger partial charge in [-0.25, -0.2) is 19.1 Å². The second-order valence-corrected chi connectivity index (χ2v) is 8.10. The highest BCUT2D eigenvalue weighted by atomic mass is 35.5. The van der Waals surface area contributed by atoms with Crippen LogP contribution in [0.5, 0.6) is 10.9 Å². The first-order valence-corrected chi connectivity index (χ1v) is 11.1. The molecule has 13 heteroatoms. The number of benzene rings is 2. The minimum absolute atomic E-state index is 0.0240. The highest BCUT2D eigenvalue weighted by Gasteiger charge is 2.12. The second kappa shape index (κ2) is 10.3. The summed E-state index contributed by atoms with van der Waals surface area (Å²) in [6, 6.07) is 13.6. The molecule has 0 unspecified atom stereocenters. The summed E-state index contributed by atoms with van der Waals surface area (Å²) in [5.74, 6) is 0.0422. The molecule has 0 bridgehead atoms. The molecule has 1 amide bonds. The van der Waals surface area contributed by atoms with Crippen molar-refractivity contribution in [3.63, 3.8) is 0 Å². The third kappa shape index (κ3) is 5.47. The Morgan fingerprint density at radius 3 is 2.53 bits per heavy atom. The number of hydrogen-bond donors (Lipinski definition) is 2. The van der Waals surface area contributed by atoms with E-state index in [4.69, 9.17) is 16.3 Å². The Morgan fingerprint density at radius 2 is 1.88 bits per heavy atom. The fourth-order valence-corrected chi connectivity index (χ4v) is 3.48. The third-order valence-electron chi connectivity index (χ3n) is 4.63. The van der Waals surface area contributed by atoms with E-state index in [1.807, 2.05) is 0 Å². The summed E-state index contributed by atoms with van der Waals surface area (Å²) in [7, 11) is 1.42. The van der Waals surface area contributed by atoms with Crippen molar-refractivity contribution >= 4 is 34.7 Å². The van der Waals surface area contributed by atoms with Gasteiger partial charge in [0.25, 0.3) is 5.19 Å². The molecule has 0 atom stereocenters. The molecule has 0 fully saturated rings. The van der Waals surface area contributed by atoms with Gasteiger partial charge in [0.1, 0.15) is 18.6 Å². The molecule has 4 aromatic rings. The lowest BCUT2D eigenvalue weighted by Gasteiger charge is -2.11. The lowest BCUT2D eigenvalue weighted by molar-refractivity contribution is -0.121. The monoisotopic (exact) mass is 499 g/mol. The van der Waals surface area contributed by atoms with Crippen LogP contribution in [-0.2, 0) is 17.9 Å². The number of aromatic nitrogens is 5. The van der Waals surface area contributed by atoms with Crippen LogP contribution in [0, 0.1) is 0 Å². The quantitative estimate of drug-likeness (QED) is 0.397. The number of ether oxygens (including phenoxy) is 1. The topological polar surface area (TPSA) is 136 Å². The van der Waals surface area contributed by atoms with Gasteiger partial charge in [-0.1, -0.05) is 23.7 Å². The number of amides is 1. The van der Waals surface area contributed by atoms with E-state index in [-0.39, 0.29) is 12.2 Å². The Bertz CT molecular complexity index is 1470. The Kier molecular flexibility index (Phi) is 6.99. The van der Waals surface area contributed by atoms with Gasteiger partial charge in [-0.05, 0) is 42.0 Å². The number of aromatic amines is 1. The molecule has 4 rings (SSSR count). The predicted octanol–water partition coefficient (Wildman–Crippen LogP) is 1.66. The Hall–Kier alpha value is -4.03. The first-order chi connectivity index (χ1) is 16.4. The van der Waals surface area contributed by atoms with Crippen LogP contribution in [0.3, 0.4) is 0 Å². The summed E-state index contributed by atoms with van der Waals surface area (Å²) < 4.78 is 11.5. The molecule has 0 saturated carbocycles. The van der Waals surface area contributed by atoms with Crippen LogP contribution in [0.15, 0.2) is 69.4 Å². The van der Waals surface area contributed by atoms with Crippen molar-refractivity contribution in [2.24, 2.45) is 4.99 Å². The lowest BCUT2D eigenvalue weighted by Crippen LogP contribution is -2.51. The molecule has 11 nitrogen and oxygen atoms in total. The van der Waals surface area contributed by atoms with Crippen LogP contribution in [-0.4, -0.2) is 36.4 Å². The number of carbonyl (C=O) groups excluding carboxylic acids is 1. The first-order valence-electron chi connectivity index (χ1n) is 9.91. The van der Waals surface area contributed by atoms with E-state index in [1.165, 1.54) is 17.9 Å². The number of H-pyrrole nitrogens is 1. The maximum Gasteiger partial charge on any atom is 0.335 e. The number of rotatable bonds is 7. The largest absolute Gasteiger partial charge is 0.430 e. The molecule has 0 aliphatic carbocycles. The number of carbonyl (C=O) groups is 1. The van der Waals surface area contributed by atoms with E-state index in [0.29, 0.717) is 21.7 Å². The van der Waals surface area contributed by atoms with Crippen molar-refractivity contribution in [1.82, 2.24) is 28.8 Å². The van der Waals surface area contributed by atoms with Crippen molar-refractivity contribution in [2.45, 2.75) is 13.1 Å². The van der Waals surface area contributed by atoms with Crippen molar-refractivity contribution in [2.75, 3.05) is 7.05 Å². The van der Waals surface area contributed by atoms with Gasteiger partial charge in [0.15, 0.2) is 0 Å². The first kappa shape index (κ1) is 23.1. The van der Waals surface area contributed by atoms with Gasteiger partial charge in [-0.3, -0.25) is 14.3 Å². The van der Waals surface area contributed by atoms with Crippen molar-refractivity contribution < 1.29 is 9.53 Å². The molecular weight excluding hydrogens is 482 g/mol. The summed E-state index contributed by atoms with van der Waals surface area (Å²) in [6.45, 7) is -0.333. The van der Waals surface area contributed by atoms with Crippen molar-refractivity contribution in [3.8, 4) is 10.9 Å². The summed E-state index contributed by atoms with van der Waals surface area (Å²) in [4.78, 5) is 48.6. The van der Waals surface area contributed by atoms with Gasteiger partial charge < -0.3 is 10.1 Å². The Balaban J connectivity index is 1.76. The van der Waals surface area contributed by atoms with Crippen LogP contribution in [0.4, 0.5) is 5.69 Å². The Morgan fingerprint density at radius 1 is 1.15 bits per heavy atom. The molecule has 174 valence electrons. The predicted molar refractivity (Wildman–Crippen MR) is 126 cm³/mol. The van der Waals surface area contributed by atoms with Crippen LogP contribution in [0.2, 0.25) is 5.02 Å². The van der Waals surface area contributed by atoms with Gasteiger partial charge in [0, 0.05) is 23.6 Å². The van der Waals surface area contributed by atoms with Crippen LogP contribution in [0.1, 0.15) is 5.56 Å². The van der Waals surface area contributed by atoms with Crippen LogP contribution >= 0.6 is 23.1 Å². The zero-order valence-corrected chi connectivity index (χ0v) is 19.3. The highest BCUT2D eigenvalue weighted by molar-refractivity contribution is 7.07. The SMILES string of the molecule is CNC(=O)Cn1c(=O)[nH]/c(=N\c2ccc(Oc3ncns3)cc2)n(Cc2ccc(Cl)cc2)c1=O. The summed E-state index contributed by atoms with van der Waals surface area (Å²) >= 11 is 7.08. The van der Waals surface area contributed by atoms with Crippen molar-refractivity contribution in [1.29, 1.82) is 0 Å². The molecule has 0 radical (unpaired) electrons. The minimum atomic E-state index is -0.754. The molecule has 34 heavy (non-hydrogen) atoms. The summed E-state index contributed by atoms with van der Waals surface area (Å²) in [5.41, 5.74) is -0.194. The molecule has 0 aliphatic rings. The van der Waals surface area contributed by atoms with Gasteiger partial charge >= 0.3 is 11.4 Å². The zero-order chi connectivity index (χ0) is 24.1. The molecule has 2 N–H and O–H groups in total. The molecule has 0 aliphatic heterocycles. The molecule has 2 aromatic heterocycles. The van der Waals surface area contributed by atoms with E-state index < -0.39 is 23.8 Å². The van der Waals surface area contributed by atoms with Crippen molar-refractivity contribution in [3.05, 3.63) is 92.0 Å². The second-order valence-electron chi connectivity index (χ2n) is 6.92. The zero-order valence-electron chi connectivity index (χ0n) is 17.8. The van der Waals surface area contributed by atoms with Crippen LogP contribution in [0.25, 0.3) is 0 Å². The lowest BCUT2D eigenvalue weighted by atomic mass is 10.2. The minimum Gasteiger partial charge on any atom is -0.430 e. The van der Waals surface area contributed by atoms with E-state index in [0.717, 1.165) is 21.7 Å². The highest BCUT2D eigenvalue weighted by Crippen LogP contribution is 2.24. The van der Waals surface area contributed by atoms with Gasteiger partial charge in [0.05, 0.1) is 12.2 Å². The van der Waals surface area contributed by atoms with Gasteiger partial charge in [0.2, 0.25) is 11.5 Å². The number of likely N-dealkylation sites (N-methyl/N-ethyl adjacent to an activating group) is 1. The fraction of sp³-hybridized carbons (Fsp3) is 0.143. The molecule has 2 aromatic carbocycles. The van der Waals surface area contributed by atoms with Gasteiger partial charge in [-0.15, -0.1) is 0 Å². The summed E-state index contributed by atoms with van der Waals surface area (Å²) in [6.07, 6.45) is 1.39. The van der Waals surface area contributed by atoms with E-state index in [9.17, 15) is 14.4 Å². The van der Waals surface area contributed by atoms with E-state index >= 15 is 0 Å². The summed E-state index contributed by atoms with van der Waals surface area (Å²) in [5, 5.41) is 3.35. The van der Waals surface area contributed by atoms with E-state index in [1.54, 1.807) is 48.5 Å². The number of nitrogens with zero attached hydrogens (tertiary/aromatic N) is 5. The van der Waals surface area contributed by atoms with Crippen LogP contribution < -0.4 is 27.1 Å². The number of halogens is 1. The molecule has 2 heterocycles. The number of hydrogen-bond acceptors (Lipinski definition) is 8. The average molecular weight is 500 g/mol. The molecule has 0 spiro atoms. The maximum atomic E-state index is 13.2. The Labute approximate surface area is 201 Å². The smallest absolute Gasteiger partial charge is 0.335 e. The maximum absolute atomic E-state index is 13.2. The standard InChI is InChI=1S/C21H18ClN7O4S/c1-23-17(30)11-29-19(31)27-18(28(21(29)32)10-13-2-4-14(22)5-3-13)26-15-6-8-16(9-7-15)33-20-24-12-25-34-20/h2-9,12H,10-11H2,1H3,(H,23,30)(H,26,27,31). The average Bonchev–Trinajstić information content (AvgIpc) is 3.34. The fourth-order valence-electron chi connectivity index (χ4n) is 2.94. The third-order valence-corrected chi connectivity index (χ3v) is 5.43. The van der Waals surface area contributed by atoms with E-state index in [2.05, 4.69) is 24.7 Å². The molecular formula is C21H18ClN7O4S. The molecule has 0 saturated heterocycles. The normalized spacial score (nSPS) is 11.4. The number of nitrogens with one attached hydrogen (secondary N) is 2.